The van der Waals surface area contributed by atoms with E-state index in [1.165, 1.54) is 0 Å². The molecular formula is C34H20N4O. The largest absolute Gasteiger partial charge is 0.456 e. The Bertz CT molecular complexity index is 1960. The van der Waals surface area contributed by atoms with Gasteiger partial charge in [-0.25, -0.2) is 4.98 Å². The van der Waals surface area contributed by atoms with Crippen LogP contribution in [0.5, 0.6) is 0 Å². The van der Waals surface area contributed by atoms with Crippen LogP contribution in [-0.2, 0) is 0 Å². The molecule has 7 aromatic rings. The Morgan fingerprint density at radius 1 is 0.564 bits per heavy atom. The number of fused-ring (bicyclic) bond motifs is 3. The minimum Gasteiger partial charge on any atom is -0.456 e. The van der Waals surface area contributed by atoms with Gasteiger partial charge in [0.05, 0.1) is 34.4 Å². The highest BCUT2D eigenvalue weighted by atomic mass is 16.3. The highest BCUT2D eigenvalue weighted by molar-refractivity contribution is 6.13. The highest BCUT2D eigenvalue weighted by Gasteiger charge is 2.16. The standard InChI is InChI=1S/C34H20N4O/c35-21-23-8-1-2-9-25(23)26-10-7-13-33-34(26)27-18-22(14-15-32(27)39-33)24-19-30(28-11-3-5-16-36-28)38-31(20-24)29-12-4-6-17-37-29/h1-20H. The third-order valence-electron chi connectivity index (χ3n) is 6.85. The zero-order chi connectivity index (χ0) is 26.2. The first-order valence-corrected chi connectivity index (χ1v) is 12.6. The summed E-state index contributed by atoms with van der Waals surface area (Å²) in [7, 11) is 0. The quantitative estimate of drug-likeness (QED) is 0.243. The van der Waals surface area contributed by atoms with Crippen LogP contribution in [0.3, 0.4) is 0 Å². The van der Waals surface area contributed by atoms with Gasteiger partial charge in [-0.1, -0.05) is 48.5 Å². The summed E-state index contributed by atoms with van der Waals surface area (Å²) in [6.45, 7) is 0. The van der Waals surface area contributed by atoms with Crippen LogP contribution in [0.25, 0.3) is 67.0 Å². The zero-order valence-corrected chi connectivity index (χ0v) is 20.7. The van der Waals surface area contributed by atoms with E-state index >= 15 is 0 Å². The molecule has 0 spiro atoms. The summed E-state index contributed by atoms with van der Waals surface area (Å²) in [5, 5.41) is 11.7. The Morgan fingerprint density at radius 3 is 1.95 bits per heavy atom. The molecule has 182 valence electrons. The lowest BCUT2D eigenvalue weighted by Crippen LogP contribution is -1.93. The number of benzene rings is 3. The molecule has 0 bridgehead atoms. The molecule has 0 radical (unpaired) electrons. The molecule has 0 N–H and O–H groups in total. The summed E-state index contributed by atoms with van der Waals surface area (Å²) in [4.78, 5) is 14.0. The van der Waals surface area contributed by atoms with Crippen molar-refractivity contribution < 1.29 is 4.42 Å². The number of furan rings is 1. The van der Waals surface area contributed by atoms with Gasteiger partial charge in [0.25, 0.3) is 0 Å². The molecule has 5 nitrogen and oxygen atoms in total. The van der Waals surface area contributed by atoms with E-state index in [2.05, 4.69) is 40.3 Å². The smallest absolute Gasteiger partial charge is 0.136 e. The van der Waals surface area contributed by atoms with Crippen molar-refractivity contribution in [2.24, 2.45) is 0 Å². The Kier molecular flexibility index (Phi) is 5.42. The van der Waals surface area contributed by atoms with E-state index in [9.17, 15) is 5.26 Å². The third kappa shape index (κ3) is 4.01. The van der Waals surface area contributed by atoms with Crippen LogP contribution in [0.4, 0.5) is 0 Å². The van der Waals surface area contributed by atoms with Crippen LogP contribution >= 0.6 is 0 Å². The zero-order valence-electron chi connectivity index (χ0n) is 20.7. The van der Waals surface area contributed by atoms with Crippen LogP contribution in [0.2, 0.25) is 0 Å². The van der Waals surface area contributed by atoms with Crippen LogP contribution < -0.4 is 0 Å². The summed E-state index contributed by atoms with van der Waals surface area (Å²) in [5.41, 5.74) is 9.21. The molecule has 4 aromatic heterocycles. The van der Waals surface area contributed by atoms with Gasteiger partial charge >= 0.3 is 0 Å². The molecule has 0 aliphatic heterocycles. The van der Waals surface area contributed by atoms with Gasteiger partial charge < -0.3 is 4.42 Å². The van der Waals surface area contributed by atoms with Gasteiger partial charge in [0.2, 0.25) is 0 Å². The van der Waals surface area contributed by atoms with E-state index in [4.69, 9.17) is 9.40 Å². The maximum atomic E-state index is 9.76. The summed E-state index contributed by atoms with van der Waals surface area (Å²) in [6, 6.07) is 38.0. The molecule has 0 saturated carbocycles. The van der Waals surface area contributed by atoms with Crippen molar-refractivity contribution in [3.63, 3.8) is 0 Å². The van der Waals surface area contributed by atoms with E-state index in [1.54, 1.807) is 12.4 Å². The third-order valence-corrected chi connectivity index (χ3v) is 6.85. The minimum atomic E-state index is 0.629. The van der Waals surface area contributed by atoms with Gasteiger partial charge in [-0.3, -0.25) is 9.97 Å². The van der Waals surface area contributed by atoms with Crippen molar-refractivity contribution in [2.45, 2.75) is 0 Å². The Hall–Kier alpha value is -5.60. The Labute approximate surface area is 224 Å². The van der Waals surface area contributed by atoms with Crippen LogP contribution in [0, 0.1) is 11.3 Å². The average molecular weight is 501 g/mol. The number of hydrogen-bond donors (Lipinski definition) is 0. The van der Waals surface area contributed by atoms with Gasteiger partial charge in [-0.05, 0) is 77.4 Å². The summed E-state index contributed by atoms with van der Waals surface area (Å²) in [6.07, 6.45) is 3.54. The van der Waals surface area contributed by atoms with Crippen molar-refractivity contribution in [3.8, 4) is 51.1 Å². The molecule has 0 fully saturated rings. The van der Waals surface area contributed by atoms with Crippen molar-refractivity contribution >= 4 is 21.9 Å². The van der Waals surface area contributed by atoms with E-state index in [0.717, 1.165) is 67.0 Å². The first kappa shape index (κ1) is 22.6. The molecule has 0 aliphatic rings. The fraction of sp³-hybridized carbons (Fsp3) is 0. The molecule has 7 rings (SSSR count). The molecule has 0 unspecified atom stereocenters. The van der Waals surface area contributed by atoms with E-state index in [-0.39, 0.29) is 0 Å². The number of aromatic nitrogens is 3. The van der Waals surface area contributed by atoms with Gasteiger partial charge in [0, 0.05) is 28.7 Å². The van der Waals surface area contributed by atoms with Gasteiger partial charge in [-0.2, -0.15) is 5.26 Å². The lowest BCUT2D eigenvalue weighted by molar-refractivity contribution is 0.669. The van der Waals surface area contributed by atoms with Crippen LogP contribution in [-0.4, -0.2) is 15.0 Å². The number of nitrogens with zero attached hydrogens (tertiary/aromatic N) is 4. The van der Waals surface area contributed by atoms with Crippen molar-refractivity contribution in [3.05, 3.63) is 127 Å². The fourth-order valence-corrected chi connectivity index (χ4v) is 5.03. The molecule has 0 atom stereocenters. The molecule has 39 heavy (non-hydrogen) atoms. The monoisotopic (exact) mass is 500 g/mol. The maximum absolute atomic E-state index is 9.76. The lowest BCUT2D eigenvalue weighted by Gasteiger charge is -2.10. The maximum Gasteiger partial charge on any atom is 0.136 e. The Balaban J connectivity index is 1.46. The summed E-state index contributed by atoms with van der Waals surface area (Å²) < 4.78 is 6.25. The van der Waals surface area contributed by atoms with E-state index < -0.39 is 0 Å². The first-order valence-electron chi connectivity index (χ1n) is 12.6. The van der Waals surface area contributed by atoms with Gasteiger partial charge in [0.1, 0.15) is 11.2 Å². The van der Waals surface area contributed by atoms with Crippen LogP contribution in [0.1, 0.15) is 5.56 Å². The number of hydrogen-bond acceptors (Lipinski definition) is 5. The average Bonchev–Trinajstić information content (AvgIpc) is 3.40. The van der Waals surface area contributed by atoms with Crippen LogP contribution in [0.15, 0.2) is 126 Å². The Morgan fingerprint density at radius 2 is 1.26 bits per heavy atom. The number of nitriles is 1. The molecule has 3 aromatic carbocycles. The van der Waals surface area contributed by atoms with Crippen molar-refractivity contribution in [1.29, 1.82) is 5.26 Å². The summed E-state index contributed by atoms with van der Waals surface area (Å²) >= 11 is 0. The fourth-order valence-electron chi connectivity index (χ4n) is 5.03. The van der Waals surface area contributed by atoms with E-state index in [1.807, 2.05) is 84.9 Å². The minimum absolute atomic E-state index is 0.629. The lowest BCUT2D eigenvalue weighted by atomic mass is 9.94. The second-order valence-electron chi connectivity index (χ2n) is 9.21. The number of pyridine rings is 3. The highest BCUT2D eigenvalue weighted by Crippen LogP contribution is 2.40. The van der Waals surface area contributed by atoms with Crippen molar-refractivity contribution in [1.82, 2.24) is 15.0 Å². The molecule has 0 aliphatic carbocycles. The van der Waals surface area contributed by atoms with Crippen molar-refractivity contribution in [2.75, 3.05) is 0 Å². The predicted molar refractivity (Wildman–Crippen MR) is 154 cm³/mol. The molecule has 0 amide bonds. The van der Waals surface area contributed by atoms with Gasteiger partial charge in [0.15, 0.2) is 0 Å². The second kappa shape index (κ2) is 9.37. The molecule has 5 heteroatoms. The normalized spacial score (nSPS) is 11.1. The number of rotatable bonds is 4. The SMILES string of the molecule is N#Cc1ccccc1-c1cccc2oc3ccc(-c4cc(-c5ccccn5)nc(-c5ccccn5)c4)cc3c12. The molecular weight excluding hydrogens is 480 g/mol. The predicted octanol–water partition coefficient (Wildman–Crippen LogP) is 8.31. The topological polar surface area (TPSA) is 75.6 Å². The van der Waals surface area contributed by atoms with E-state index in [0.29, 0.717) is 5.56 Å². The molecule has 4 heterocycles. The summed E-state index contributed by atoms with van der Waals surface area (Å²) in [5.74, 6) is 0. The molecule has 0 saturated heterocycles. The second-order valence-corrected chi connectivity index (χ2v) is 9.21. The van der Waals surface area contributed by atoms with Gasteiger partial charge in [-0.15, -0.1) is 0 Å². The first-order chi connectivity index (χ1) is 19.3.